The number of nitrogen functional groups attached to an aromatic ring is 1. The molecule has 0 atom stereocenters. The largest absolute Gasteiger partial charge is 0.427 e. The Balaban J connectivity index is 2.20. The molecule has 92 valence electrons. The Morgan fingerprint density at radius 3 is 2.84 bits per heavy atom. The van der Waals surface area contributed by atoms with Gasteiger partial charge in [-0.25, -0.2) is 4.98 Å². The number of fused-ring (bicyclic) bond motifs is 1. The molecular formula is C15H9ClN2O. The van der Waals surface area contributed by atoms with Crippen LogP contribution in [0.25, 0.3) is 22.4 Å². The third-order valence-electron chi connectivity index (χ3n) is 2.85. The molecule has 0 fully saturated rings. The zero-order chi connectivity index (χ0) is 13.4. The van der Waals surface area contributed by atoms with Crippen LogP contribution in [-0.2, 0) is 0 Å². The number of halogens is 1. The summed E-state index contributed by atoms with van der Waals surface area (Å²) >= 11 is 5.97. The molecule has 3 rings (SSSR count). The van der Waals surface area contributed by atoms with E-state index in [1.165, 1.54) is 0 Å². The van der Waals surface area contributed by atoms with Crippen molar-refractivity contribution in [1.82, 2.24) is 4.98 Å². The van der Waals surface area contributed by atoms with Crippen molar-refractivity contribution < 1.29 is 4.42 Å². The molecule has 0 amide bonds. The fourth-order valence-corrected chi connectivity index (χ4v) is 2.10. The van der Waals surface area contributed by atoms with Crippen LogP contribution in [0, 0.1) is 12.3 Å². The second kappa shape index (κ2) is 4.34. The summed E-state index contributed by atoms with van der Waals surface area (Å²) in [6, 6.07) is 11.1. The van der Waals surface area contributed by atoms with Crippen LogP contribution in [0.2, 0.25) is 5.02 Å². The Bertz CT molecular complexity index is 815. The third-order valence-corrected chi connectivity index (χ3v) is 3.08. The number of hydrogen-bond donors (Lipinski definition) is 1. The number of nitrogens with two attached hydrogens (primary N) is 1. The molecule has 0 radical (unpaired) electrons. The van der Waals surface area contributed by atoms with Crippen LogP contribution in [0.5, 0.6) is 0 Å². The predicted octanol–water partition coefficient (Wildman–Crippen LogP) is 3.71. The SMILES string of the molecule is C#Cc1oc2nc(-c3cccc(Cl)c3)ccc2c1N. The Hall–Kier alpha value is -2.44. The number of terminal acetylenes is 1. The van der Waals surface area contributed by atoms with Crippen LogP contribution in [-0.4, -0.2) is 4.98 Å². The quantitative estimate of drug-likeness (QED) is 0.685. The molecule has 0 saturated heterocycles. The lowest BCUT2D eigenvalue weighted by atomic mass is 10.1. The summed E-state index contributed by atoms with van der Waals surface area (Å²) in [5.41, 5.74) is 8.41. The number of furan rings is 1. The summed E-state index contributed by atoms with van der Waals surface area (Å²) in [7, 11) is 0. The van der Waals surface area contributed by atoms with Crippen molar-refractivity contribution in [2.75, 3.05) is 5.73 Å². The molecule has 4 heteroatoms. The van der Waals surface area contributed by atoms with E-state index in [9.17, 15) is 0 Å². The van der Waals surface area contributed by atoms with Crippen LogP contribution in [0.15, 0.2) is 40.8 Å². The van der Waals surface area contributed by atoms with Gasteiger partial charge in [-0.05, 0) is 30.2 Å². The molecule has 3 aromatic rings. The minimum absolute atomic E-state index is 0.311. The second-order valence-corrected chi connectivity index (χ2v) is 4.49. The second-order valence-electron chi connectivity index (χ2n) is 4.05. The van der Waals surface area contributed by atoms with Gasteiger partial charge in [0.15, 0.2) is 0 Å². The fraction of sp³-hybridized carbons (Fsp3) is 0. The van der Waals surface area contributed by atoms with Gasteiger partial charge in [0.05, 0.1) is 16.8 Å². The van der Waals surface area contributed by atoms with E-state index >= 15 is 0 Å². The van der Waals surface area contributed by atoms with Crippen LogP contribution in [0.4, 0.5) is 5.69 Å². The Morgan fingerprint density at radius 1 is 1.26 bits per heavy atom. The number of anilines is 1. The molecule has 2 aromatic heterocycles. The van der Waals surface area contributed by atoms with Gasteiger partial charge in [0.25, 0.3) is 0 Å². The van der Waals surface area contributed by atoms with Crippen molar-refractivity contribution in [3.63, 3.8) is 0 Å². The van der Waals surface area contributed by atoms with Crippen LogP contribution in [0.3, 0.4) is 0 Å². The molecule has 0 aliphatic rings. The van der Waals surface area contributed by atoms with Gasteiger partial charge in [-0.3, -0.25) is 0 Å². The zero-order valence-electron chi connectivity index (χ0n) is 9.85. The molecule has 0 spiro atoms. The smallest absolute Gasteiger partial charge is 0.230 e. The van der Waals surface area contributed by atoms with E-state index in [1.807, 2.05) is 36.4 Å². The average molecular weight is 269 g/mol. The lowest BCUT2D eigenvalue weighted by Gasteiger charge is -2.00. The third kappa shape index (κ3) is 1.92. The summed E-state index contributed by atoms with van der Waals surface area (Å²) in [5, 5.41) is 1.38. The molecule has 0 saturated carbocycles. The van der Waals surface area contributed by atoms with Gasteiger partial charge in [0, 0.05) is 10.6 Å². The molecule has 19 heavy (non-hydrogen) atoms. The van der Waals surface area contributed by atoms with Crippen LogP contribution >= 0.6 is 11.6 Å². The van der Waals surface area contributed by atoms with Gasteiger partial charge in [0.2, 0.25) is 11.5 Å². The monoisotopic (exact) mass is 268 g/mol. The number of aromatic nitrogens is 1. The first kappa shape index (κ1) is 11.6. The van der Waals surface area contributed by atoms with Crippen molar-refractivity contribution in [3.8, 4) is 23.6 Å². The maximum Gasteiger partial charge on any atom is 0.230 e. The van der Waals surface area contributed by atoms with Crippen molar-refractivity contribution >= 4 is 28.4 Å². The first-order chi connectivity index (χ1) is 9.19. The molecule has 2 N–H and O–H groups in total. The predicted molar refractivity (Wildman–Crippen MR) is 76.8 cm³/mol. The number of pyridine rings is 1. The highest BCUT2D eigenvalue weighted by molar-refractivity contribution is 6.30. The Morgan fingerprint density at radius 2 is 2.11 bits per heavy atom. The van der Waals surface area contributed by atoms with Crippen LogP contribution in [0.1, 0.15) is 5.76 Å². The van der Waals surface area contributed by atoms with Gasteiger partial charge >= 0.3 is 0 Å². The lowest BCUT2D eigenvalue weighted by molar-refractivity contribution is 0.591. The Labute approximate surface area is 115 Å². The highest BCUT2D eigenvalue weighted by Crippen LogP contribution is 2.29. The number of rotatable bonds is 1. The molecular weight excluding hydrogens is 260 g/mol. The van der Waals surface area contributed by atoms with Crippen molar-refractivity contribution in [2.24, 2.45) is 0 Å². The van der Waals surface area contributed by atoms with Gasteiger partial charge in [0.1, 0.15) is 0 Å². The summed E-state index contributed by atoms with van der Waals surface area (Å²) in [6.07, 6.45) is 5.31. The van der Waals surface area contributed by atoms with Crippen molar-refractivity contribution in [2.45, 2.75) is 0 Å². The maximum absolute atomic E-state index is 5.97. The number of nitrogens with zero attached hydrogens (tertiary/aromatic N) is 1. The first-order valence-corrected chi connectivity index (χ1v) is 5.98. The Kier molecular flexibility index (Phi) is 2.66. The van der Waals surface area contributed by atoms with E-state index in [4.69, 9.17) is 28.2 Å². The normalized spacial score (nSPS) is 10.5. The van der Waals surface area contributed by atoms with E-state index in [2.05, 4.69) is 10.9 Å². The van der Waals surface area contributed by atoms with Crippen molar-refractivity contribution in [1.29, 1.82) is 0 Å². The van der Waals surface area contributed by atoms with E-state index < -0.39 is 0 Å². The molecule has 0 aliphatic carbocycles. The molecule has 0 aliphatic heterocycles. The fourth-order valence-electron chi connectivity index (χ4n) is 1.91. The standard InChI is InChI=1S/C15H9ClN2O/c1-2-13-14(17)11-6-7-12(18-15(11)19-13)9-4-3-5-10(16)8-9/h1,3-8H,17H2. The van der Waals surface area contributed by atoms with E-state index in [-0.39, 0.29) is 0 Å². The topological polar surface area (TPSA) is 52.0 Å². The summed E-state index contributed by atoms with van der Waals surface area (Å²) in [6.45, 7) is 0. The molecule has 3 nitrogen and oxygen atoms in total. The highest BCUT2D eigenvalue weighted by Gasteiger charge is 2.11. The summed E-state index contributed by atoms with van der Waals surface area (Å²) < 4.78 is 5.44. The summed E-state index contributed by atoms with van der Waals surface area (Å²) in [5.74, 6) is 2.71. The van der Waals surface area contributed by atoms with Gasteiger partial charge in [-0.15, -0.1) is 6.42 Å². The molecule has 0 bridgehead atoms. The first-order valence-electron chi connectivity index (χ1n) is 5.60. The highest BCUT2D eigenvalue weighted by atomic mass is 35.5. The van der Waals surface area contributed by atoms with Gasteiger partial charge < -0.3 is 10.2 Å². The molecule has 2 heterocycles. The number of hydrogen-bond acceptors (Lipinski definition) is 3. The van der Waals surface area contributed by atoms with Gasteiger partial charge in [-0.2, -0.15) is 0 Å². The number of benzene rings is 1. The van der Waals surface area contributed by atoms with E-state index in [1.54, 1.807) is 0 Å². The minimum atomic E-state index is 0.311. The maximum atomic E-state index is 5.97. The average Bonchev–Trinajstić information content (AvgIpc) is 2.75. The lowest BCUT2D eigenvalue weighted by Crippen LogP contribution is -1.86. The van der Waals surface area contributed by atoms with E-state index in [0.717, 1.165) is 16.6 Å². The molecule has 1 aromatic carbocycles. The van der Waals surface area contributed by atoms with E-state index in [0.29, 0.717) is 22.2 Å². The summed E-state index contributed by atoms with van der Waals surface area (Å²) in [4.78, 5) is 4.42. The van der Waals surface area contributed by atoms with Gasteiger partial charge in [-0.1, -0.05) is 23.7 Å². The van der Waals surface area contributed by atoms with Crippen LogP contribution < -0.4 is 5.73 Å². The zero-order valence-corrected chi connectivity index (χ0v) is 10.6. The molecule has 0 unspecified atom stereocenters. The van der Waals surface area contributed by atoms with Crippen molar-refractivity contribution in [3.05, 3.63) is 47.2 Å². The minimum Gasteiger partial charge on any atom is -0.427 e.